The number of fused-ring (bicyclic) bond motifs is 1. The average Bonchev–Trinajstić information content (AvgIpc) is 3.20. The number of non-ortho nitro benzene ring substituents is 1. The van der Waals surface area contributed by atoms with Crippen LogP contribution >= 0.6 is 11.8 Å². The smallest absolute Gasteiger partial charge is 0.269 e. The lowest BCUT2D eigenvalue weighted by Crippen LogP contribution is -2.26. The summed E-state index contributed by atoms with van der Waals surface area (Å²) in [5.74, 6) is 0.393. The number of hydrogen-bond acceptors (Lipinski definition) is 7. The number of nitro groups is 1. The van der Waals surface area contributed by atoms with E-state index >= 15 is 0 Å². The SMILES string of the molecule is O=C(NCCc1nnc2ccc(SCc3cccc([N+](=O)[O-])c3)nn12)c1ccc(F)cc1. The van der Waals surface area contributed by atoms with Crippen LogP contribution in [0.1, 0.15) is 21.7 Å². The van der Waals surface area contributed by atoms with Crippen molar-refractivity contribution in [2.24, 2.45) is 0 Å². The van der Waals surface area contributed by atoms with E-state index in [1.54, 1.807) is 22.7 Å². The van der Waals surface area contributed by atoms with Gasteiger partial charge < -0.3 is 5.32 Å². The second kappa shape index (κ2) is 9.52. The first-order valence-corrected chi connectivity index (χ1v) is 10.6. The van der Waals surface area contributed by atoms with Crippen LogP contribution in [-0.2, 0) is 12.2 Å². The van der Waals surface area contributed by atoms with E-state index < -0.39 is 10.7 Å². The number of carbonyl (C=O) groups excluding carboxylic acids is 1. The molecule has 2 heterocycles. The normalized spacial score (nSPS) is 10.9. The standard InChI is InChI=1S/C21H17FN6O3S/c22-16-6-4-15(5-7-16)21(29)23-11-10-19-25-24-18-8-9-20(26-27(18)19)32-13-14-2-1-3-17(12-14)28(30)31/h1-9,12H,10-11,13H2,(H,23,29). The minimum Gasteiger partial charge on any atom is -0.352 e. The van der Waals surface area contributed by atoms with E-state index in [2.05, 4.69) is 20.6 Å². The predicted octanol–water partition coefficient (Wildman–Crippen LogP) is 3.44. The highest BCUT2D eigenvalue weighted by Crippen LogP contribution is 2.23. The third-order valence-corrected chi connectivity index (χ3v) is 5.54. The molecule has 0 unspecified atom stereocenters. The van der Waals surface area contributed by atoms with Gasteiger partial charge in [0.15, 0.2) is 11.5 Å². The molecule has 0 atom stereocenters. The van der Waals surface area contributed by atoms with Crippen molar-refractivity contribution in [3.05, 3.63) is 93.5 Å². The van der Waals surface area contributed by atoms with E-state index in [0.29, 0.717) is 40.8 Å². The molecule has 2 aromatic carbocycles. The number of nitrogens with zero attached hydrogens (tertiary/aromatic N) is 5. The number of carbonyl (C=O) groups is 1. The van der Waals surface area contributed by atoms with Crippen LogP contribution in [0.3, 0.4) is 0 Å². The molecule has 0 spiro atoms. The molecule has 0 radical (unpaired) electrons. The molecule has 9 nitrogen and oxygen atoms in total. The fraction of sp³-hybridized carbons (Fsp3) is 0.143. The number of aromatic nitrogens is 4. The number of rotatable bonds is 8. The first-order valence-electron chi connectivity index (χ1n) is 9.61. The summed E-state index contributed by atoms with van der Waals surface area (Å²) in [5, 5.41) is 27.2. The van der Waals surface area contributed by atoms with Crippen LogP contribution in [0.15, 0.2) is 65.7 Å². The van der Waals surface area contributed by atoms with Gasteiger partial charge in [-0.15, -0.1) is 10.2 Å². The van der Waals surface area contributed by atoms with Gasteiger partial charge in [-0.1, -0.05) is 23.9 Å². The van der Waals surface area contributed by atoms with Crippen molar-refractivity contribution in [3.8, 4) is 0 Å². The lowest BCUT2D eigenvalue weighted by Gasteiger charge is -2.05. The zero-order valence-electron chi connectivity index (χ0n) is 16.6. The molecule has 4 rings (SSSR count). The first-order chi connectivity index (χ1) is 15.5. The van der Waals surface area contributed by atoms with Gasteiger partial charge in [-0.05, 0) is 42.0 Å². The molecule has 0 aliphatic heterocycles. The minimum atomic E-state index is -0.420. The van der Waals surface area contributed by atoms with Gasteiger partial charge in [-0.2, -0.15) is 9.61 Å². The molecule has 32 heavy (non-hydrogen) atoms. The maximum Gasteiger partial charge on any atom is 0.269 e. The molecule has 0 saturated heterocycles. The van der Waals surface area contributed by atoms with Crippen LogP contribution in [0, 0.1) is 15.9 Å². The van der Waals surface area contributed by atoms with Crippen LogP contribution in [-0.4, -0.2) is 37.2 Å². The fourth-order valence-corrected chi connectivity index (χ4v) is 3.76. The monoisotopic (exact) mass is 452 g/mol. The Labute approximate surface area is 185 Å². The lowest BCUT2D eigenvalue weighted by atomic mass is 10.2. The van der Waals surface area contributed by atoms with Crippen LogP contribution in [0.5, 0.6) is 0 Å². The average molecular weight is 452 g/mol. The Morgan fingerprint density at radius 3 is 2.72 bits per heavy atom. The molecule has 0 fully saturated rings. The van der Waals surface area contributed by atoms with Gasteiger partial charge in [0, 0.05) is 36.4 Å². The highest BCUT2D eigenvalue weighted by atomic mass is 32.2. The molecule has 1 amide bonds. The zero-order valence-corrected chi connectivity index (χ0v) is 17.5. The third-order valence-electron chi connectivity index (χ3n) is 4.55. The highest BCUT2D eigenvalue weighted by molar-refractivity contribution is 7.98. The van der Waals surface area contributed by atoms with Crippen molar-refractivity contribution < 1.29 is 14.1 Å². The van der Waals surface area contributed by atoms with Crippen LogP contribution in [0.4, 0.5) is 10.1 Å². The maximum absolute atomic E-state index is 13.0. The van der Waals surface area contributed by atoms with Gasteiger partial charge in [0.25, 0.3) is 11.6 Å². The van der Waals surface area contributed by atoms with Crippen molar-refractivity contribution in [3.63, 3.8) is 0 Å². The molecular weight excluding hydrogens is 435 g/mol. The number of nitro benzene ring substituents is 1. The number of halogens is 1. The third kappa shape index (κ3) is 5.06. The first kappa shape index (κ1) is 21.4. The molecule has 0 saturated carbocycles. The van der Waals surface area contributed by atoms with E-state index in [-0.39, 0.29) is 11.6 Å². The largest absolute Gasteiger partial charge is 0.352 e. The number of thioether (sulfide) groups is 1. The summed E-state index contributed by atoms with van der Waals surface area (Å²) in [5.41, 5.74) is 1.81. The summed E-state index contributed by atoms with van der Waals surface area (Å²) in [6, 6.07) is 15.4. The summed E-state index contributed by atoms with van der Waals surface area (Å²) in [6.07, 6.45) is 0.403. The number of hydrogen-bond donors (Lipinski definition) is 1. The zero-order chi connectivity index (χ0) is 22.5. The number of benzene rings is 2. The van der Waals surface area contributed by atoms with Crippen LogP contribution in [0.25, 0.3) is 5.65 Å². The minimum absolute atomic E-state index is 0.0512. The second-order valence-corrected chi connectivity index (χ2v) is 7.78. The van der Waals surface area contributed by atoms with E-state index in [4.69, 9.17) is 0 Å². The van der Waals surface area contributed by atoms with Gasteiger partial charge in [-0.25, -0.2) is 4.39 Å². The van der Waals surface area contributed by atoms with Crippen LogP contribution < -0.4 is 5.32 Å². The Hall–Kier alpha value is -3.86. The Bertz CT molecular complexity index is 1280. The highest BCUT2D eigenvalue weighted by Gasteiger charge is 2.11. The summed E-state index contributed by atoms with van der Waals surface area (Å²) < 4.78 is 14.6. The summed E-state index contributed by atoms with van der Waals surface area (Å²) in [7, 11) is 0. The molecule has 2 aromatic heterocycles. The maximum atomic E-state index is 13.0. The van der Waals surface area contributed by atoms with Gasteiger partial charge in [-0.3, -0.25) is 14.9 Å². The fourth-order valence-electron chi connectivity index (χ4n) is 2.96. The van der Waals surface area contributed by atoms with Gasteiger partial charge in [0.2, 0.25) is 0 Å². The molecule has 1 N–H and O–H groups in total. The number of amides is 1. The summed E-state index contributed by atoms with van der Waals surface area (Å²) in [6.45, 7) is 0.309. The summed E-state index contributed by atoms with van der Waals surface area (Å²) >= 11 is 1.44. The van der Waals surface area contributed by atoms with E-state index in [9.17, 15) is 19.3 Å². The van der Waals surface area contributed by atoms with Gasteiger partial charge in [0.1, 0.15) is 10.8 Å². The molecule has 162 valence electrons. The van der Waals surface area contributed by atoms with Crippen molar-refractivity contribution in [2.45, 2.75) is 17.2 Å². The Morgan fingerprint density at radius 1 is 1.12 bits per heavy atom. The van der Waals surface area contributed by atoms with Crippen molar-refractivity contribution >= 4 is 29.0 Å². The molecule has 11 heteroatoms. The van der Waals surface area contributed by atoms with Crippen molar-refractivity contribution in [1.29, 1.82) is 0 Å². The van der Waals surface area contributed by atoms with E-state index in [0.717, 1.165) is 5.56 Å². The van der Waals surface area contributed by atoms with Gasteiger partial charge >= 0.3 is 0 Å². The molecule has 0 aliphatic rings. The van der Waals surface area contributed by atoms with E-state index in [1.807, 2.05) is 12.1 Å². The molecular formula is C21H17FN6O3S. The lowest BCUT2D eigenvalue weighted by molar-refractivity contribution is -0.384. The second-order valence-electron chi connectivity index (χ2n) is 6.79. The Kier molecular flexibility index (Phi) is 6.36. The predicted molar refractivity (Wildman–Crippen MR) is 116 cm³/mol. The van der Waals surface area contributed by atoms with Crippen molar-refractivity contribution in [1.82, 2.24) is 25.1 Å². The number of nitrogens with one attached hydrogen (secondary N) is 1. The molecule has 0 aliphatic carbocycles. The summed E-state index contributed by atoms with van der Waals surface area (Å²) in [4.78, 5) is 22.7. The van der Waals surface area contributed by atoms with Crippen LogP contribution in [0.2, 0.25) is 0 Å². The quantitative estimate of drug-likeness (QED) is 0.247. The molecule has 4 aromatic rings. The topological polar surface area (TPSA) is 115 Å². The van der Waals surface area contributed by atoms with Gasteiger partial charge in [0.05, 0.1) is 4.92 Å². The Balaban J connectivity index is 1.39. The van der Waals surface area contributed by atoms with Crippen molar-refractivity contribution in [2.75, 3.05) is 6.54 Å². The Morgan fingerprint density at radius 2 is 1.94 bits per heavy atom. The van der Waals surface area contributed by atoms with E-state index in [1.165, 1.54) is 42.1 Å². The molecule has 0 bridgehead atoms.